The molecule has 0 aliphatic rings. The van der Waals surface area contributed by atoms with Gasteiger partial charge in [0, 0.05) is 36.2 Å². The summed E-state index contributed by atoms with van der Waals surface area (Å²) in [6, 6.07) is 2.04. The molecule has 0 fully saturated rings. The van der Waals surface area contributed by atoms with Gasteiger partial charge in [0.1, 0.15) is 4.83 Å². The van der Waals surface area contributed by atoms with E-state index in [2.05, 4.69) is 37.5 Å². The molecule has 0 N–H and O–H groups in total. The Kier molecular flexibility index (Phi) is 2.49. The average molecular weight is 218 g/mol. The Balaban J connectivity index is 2.87. The SMILES string of the molecule is C=Cc1c(C)sc2nccc(N(C)C)c12. The summed E-state index contributed by atoms with van der Waals surface area (Å²) in [7, 11) is 4.10. The van der Waals surface area contributed by atoms with Gasteiger partial charge in [0.15, 0.2) is 0 Å². The van der Waals surface area contributed by atoms with Crippen LogP contribution in [0, 0.1) is 6.92 Å². The van der Waals surface area contributed by atoms with E-state index in [1.807, 2.05) is 18.3 Å². The van der Waals surface area contributed by atoms with Crippen molar-refractivity contribution in [2.24, 2.45) is 0 Å². The van der Waals surface area contributed by atoms with E-state index in [1.165, 1.54) is 21.5 Å². The quantitative estimate of drug-likeness (QED) is 0.768. The van der Waals surface area contributed by atoms with E-state index < -0.39 is 0 Å². The molecule has 2 aromatic rings. The molecule has 0 aromatic carbocycles. The molecule has 2 rings (SSSR count). The van der Waals surface area contributed by atoms with Crippen LogP contribution in [-0.2, 0) is 0 Å². The Bertz CT molecular complexity index is 512. The van der Waals surface area contributed by atoms with E-state index in [4.69, 9.17) is 0 Å². The minimum Gasteiger partial charge on any atom is -0.377 e. The highest BCUT2D eigenvalue weighted by atomic mass is 32.1. The highest BCUT2D eigenvalue weighted by Gasteiger charge is 2.12. The lowest BCUT2D eigenvalue weighted by atomic mass is 10.1. The summed E-state index contributed by atoms with van der Waals surface area (Å²) in [5, 5.41) is 1.22. The molecule has 0 unspecified atom stereocenters. The Morgan fingerprint density at radius 2 is 2.20 bits per heavy atom. The zero-order valence-electron chi connectivity index (χ0n) is 9.24. The normalized spacial score (nSPS) is 10.6. The van der Waals surface area contributed by atoms with Crippen molar-refractivity contribution >= 4 is 33.3 Å². The van der Waals surface area contributed by atoms with E-state index in [1.54, 1.807) is 11.3 Å². The molecule has 15 heavy (non-hydrogen) atoms. The van der Waals surface area contributed by atoms with Crippen molar-refractivity contribution < 1.29 is 0 Å². The molecule has 2 heterocycles. The highest BCUT2D eigenvalue weighted by molar-refractivity contribution is 7.19. The zero-order chi connectivity index (χ0) is 11.0. The number of thiophene rings is 1. The Morgan fingerprint density at radius 1 is 1.47 bits per heavy atom. The summed E-state index contributed by atoms with van der Waals surface area (Å²) in [6.07, 6.45) is 3.78. The van der Waals surface area contributed by atoms with Crippen LogP contribution in [0.15, 0.2) is 18.8 Å². The maximum absolute atomic E-state index is 4.40. The molecule has 78 valence electrons. The second-order valence-electron chi connectivity index (χ2n) is 3.68. The first-order valence-electron chi connectivity index (χ1n) is 4.83. The number of pyridine rings is 1. The van der Waals surface area contributed by atoms with Gasteiger partial charge < -0.3 is 4.90 Å². The predicted molar refractivity (Wildman–Crippen MR) is 68.8 cm³/mol. The Labute approximate surface area is 93.9 Å². The van der Waals surface area contributed by atoms with Gasteiger partial charge in [0.2, 0.25) is 0 Å². The number of hydrogen-bond donors (Lipinski definition) is 0. The molecule has 0 bridgehead atoms. The molecule has 0 radical (unpaired) electrons. The van der Waals surface area contributed by atoms with Crippen molar-refractivity contribution in [1.29, 1.82) is 0 Å². The fourth-order valence-corrected chi connectivity index (χ4v) is 2.77. The summed E-state index contributed by atoms with van der Waals surface area (Å²) in [6.45, 7) is 5.99. The van der Waals surface area contributed by atoms with Gasteiger partial charge in [0.25, 0.3) is 0 Å². The molecular weight excluding hydrogens is 204 g/mol. The first kappa shape index (κ1) is 10.2. The Morgan fingerprint density at radius 3 is 2.80 bits per heavy atom. The van der Waals surface area contributed by atoms with Crippen LogP contribution in [0.5, 0.6) is 0 Å². The fourth-order valence-electron chi connectivity index (χ4n) is 1.76. The molecule has 0 aliphatic carbocycles. The van der Waals surface area contributed by atoms with Crippen molar-refractivity contribution in [2.45, 2.75) is 6.92 Å². The Hall–Kier alpha value is -1.35. The van der Waals surface area contributed by atoms with Crippen LogP contribution in [0.2, 0.25) is 0 Å². The standard InChI is InChI=1S/C12H14N2S/c1-5-9-8(2)15-12-11(9)10(14(3)4)6-7-13-12/h5-7H,1H2,2-4H3. The summed E-state index contributed by atoms with van der Waals surface area (Å²) in [5.41, 5.74) is 2.42. The van der Waals surface area contributed by atoms with Gasteiger partial charge in [-0.05, 0) is 18.6 Å². The van der Waals surface area contributed by atoms with E-state index in [9.17, 15) is 0 Å². The lowest BCUT2D eigenvalue weighted by Gasteiger charge is -2.13. The number of rotatable bonds is 2. The average Bonchev–Trinajstić information content (AvgIpc) is 2.52. The molecule has 0 saturated heterocycles. The molecule has 0 saturated carbocycles. The molecule has 2 nitrogen and oxygen atoms in total. The van der Waals surface area contributed by atoms with Crippen LogP contribution in [0.4, 0.5) is 5.69 Å². The van der Waals surface area contributed by atoms with E-state index in [0.717, 1.165) is 4.83 Å². The van der Waals surface area contributed by atoms with Gasteiger partial charge in [-0.25, -0.2) is 4.98 Å². The van der Waals surface area contributed by atoms with E-state index in [-0.39, 0.29) is 0 Å². The third kappa shape index (κ3) is 1.53. The van der Waals surface area contributed by atoms with Crippen LogP contribution in [0.1, 0.15) is 10.4 Å². The number of anilines is 1. The second kappa shape index (κ2) is 3.66. The topological polar surface area (TPSA) is 16.1 Å². The molecule has 0 aliphatic heterocycles. The number of hydrogen-bond acceptors (Lipinski definition) is 3. The first-order valence-corrected chi connectivity index (χ1v) is 5.64. The number of aryl methyl sites for hydroxylation is 1. The molecular formula is C12H14N2S. The smallest absolute Gasteiger partial charge is 0.126 e. The predicted octanol–water partition coefficient (Wildman–Crippen LogP) is 3.31. The number of nitrogens with zero attached hydrogens (tertiary/aromatic N) is 2. The minimum atomic E-state index is 1.09. The minimum absolute atomic E-state index is 1.09. The molecule has 0 spiro atoms. The maximum Gasteiger partial charge on any atom is 0.126 e. The lowest BCUT2D eigenvalue weighted by molar-refractivity contribution is 1.14. The summed E-state index contributed by atoms with van der Waals surface area (Å²) in [4.78, 5) is 8.88. The van der Waals surface area contributed by atoms with Gasteiger partial charge in [-0.15, -0.1) is 11.3 Å². The van der Waals surface area contributed by atoms with Crippen LogP contribution >= 0.6 is 11.3 Å². The van der Waals surface area contributed by atoms with Crippen LogP contribution < -0.4 is 4.90 Å². The van der Waals surface area contributed by atoms with Crippen molar-refractivity contribution in [3.8, 4) is 0 Å². The number of fused-ring (bicyclic) bond motifs is 1. The van der Waals surface area contributed by atoms with Crippen LogP contribution in [-0.4, -0.2) is 19.1 Å². The highest BCUT2D eigenvalue weighted by Crippen LogP contribution is 2.35. The van der Waals surface area contributed by atoms with Crippen LogP contribution in [0.3, 0.4) is 0 Å². The third-order valence-corrected chi connectivity index (χ3v) is 3.51. The van der Waals surface area contributed by atoms with Crippen molar-refractivity contribution in [3.05, 3.63) is 29.3 Å². The molecule has 0 amide bonds. The van der Waals surface area contributed by atoms with E-state index in [0.29, 0.717) is 0 Å². The summed E-state index contributed by atoms with van der Waals surface area (Å²) < 4.78 is 0. The van der Waals surface area contributed by atoms with E-state index >= 15 is 0 Å². The van der Waals surface area contributed by atoms with Gasteiger partial charge in [-0.3, -0.25) is 0 Å². The van der Waals surface area contributed by atoms with Gasteiger partial charge >= 0.3 is 0 Å². The fraction of sp³-hybridized carbons (Fsp3) is 0.250. The van der Waals surface area contributed by atoms with Gasteiger partial charge in [-0.2, -0.15) is 0 Å². The monoisotopic (exact) mass is 218 g/mol. The largest absolute Gasteiger partial charge is 0.377 e. The van der Waals surface area contributed by atoms with Gasteiger partial charge in [0.05, 0.1) is 0 Å². The molecule has 2 aromatic heterocycles. The maximum atomic E-state index is 4.40. The molecule has 3 heteroatoms. The number of aromatic nitrogens is 1. The van der Waals surface area contributed by atoms with Crippen LogP contribution in [0.25, 0.3) is 16.3 Å². The van der Waals surface area contributed by atoms with Crippen molar-refractivity contribution in [3.63, 3.8) is 0 Å². The van der Waals surface area contributed by atoms with Crippen molar-refractivity contribution in [1.82, 2.24) is 4.98 Å². The molecule has 0 atom stereocenters. The first-order chi connectivity index (χ1) is 7.15. The zero-order valence-corrected chi connectivity index (χ0v) is 10.1. The summed E-state index contributed by atoms with van der Waals surface area (Å²) >= 11 is 1.73. The third-order valence-electron chi connectivity index (χ3n) is 2.48. The lowest BCUT2D eigenvalue weighted by Crippen LogP contribution is -2.09. The van der Waals surface area contributed by atoms with Crippen molar-refractivity contribution in [2.75, 3.05) is 19.0 Å². The second-order valence-corrected chi connectivity index (χ2v) is 4.88. The summed E-state index contributed by atoms with van der Waals surface area (Å²) in [5.74, 6) is 0. The van der Waals surface area contributed by atoms with Gasteiger partial charge in [-0.1, -0.05) is 12.7 Å².